The van der Waals surface area contributed by atoms with Crippen molar-refractivity contribution in [2.45, 2.75) is 57.5 Å². The molecular weight excluding hydrogens is 220 g/mol. The number of urea groups is 1. The van der Waals surface area contributed by atoms with Crippen molar-refractivity contribution in [3.05, 3.63) is 0 Å². The number of carboxylic acid groups (broad SMARTS) is 1. The second-order valence-corrected chi connectivity index (χ2v) is 4.65. The standard InChI is InChI=1S/C12H22N2O3/c1-3-10(11(15)16)13-12(17)14(2)9-7-5-4-6-8-9/h9-10H,3-8H2,1-2H3,(H,13,17)(H,15,16)/t10-/m1/s1. The molecule has 2 amide bonds. The summed E-state index contributed by atoms with van der Waals surface area (Å²) < 4.78 is 0. The number of carbonyl (C=O) groups is 2. The summed E-state index contributed by atoms with van der Waals surface area (Å²) in [6.45, 7) is 1.75. The first-order valence-electron chi connectivity index (χ1n) is 6.32. The number of hydrogen-bond donors (Lipinski definition) is 2. The van der Waals surface area contributed by atoms with Crippen molar-refractivity contribution in [1.82, 2.24) is 10.2 Å². The number of hydrogen-bond acceptors (Lipinski definition) is 2. The van der Waals surface area contributed by atoms with Crippen LogP contribution in [-0.4, -0.2) is 41.1 Å². The lowest BCUT2D eigenvalue weighted by molar-refractivity contribution is -0.139. The molecule has 2 N–H and O–H groups in total. The van der Waals surface area contributed by atoms with Crippen LogP contribution >= 0.6 is 0 Å². The lowest BCUT2D eigenvalue weighted by atomic mass is 9.95. The minimum atomic E-state index is -0.974. The number of carbonyl (C=O) groups excluding carboxylic acids is 1. The van der Waals surface area contributed by atoms with Crippen molar-refractivity contribution in [1.29, 1.82) is 0 Å². The van der Waals surface area contributed by atoms with Gasteiger partial charge in [0.25, 0.3) is 0 Å². The number of carboxylic acids is 1. The highest BCUT2D eigenvalue weighted by molar-refractivity contribution is 5.82. The van der Waals surface area contributed by atoms with Gasteiger partial charge in [-0.2, -0.15) is 0 Å². The minimum Gasteiger partial charge on any atom is -0.480 e. The maximum Gasteiger partial charge on any atom is 0.326 e. The van der Waals surface area contributed by atoms with Gasteiger partial charge in [-0.15, -0.1) is 0 Å². The lowest BCUT2D eigenvalue weighted by Gasteiger charge is -2.32. The van der Waals surface area contributed by atoms with Gasteiger partial charge in [-0.25, -0.2) is 9.59 Å². The van der Waals surface area contributed by atoms with Gasteiger partial charge in [0.15, 0.2) is 0 Å². The summed E-state index contributed by atoms with van der Waals surface area (Å²) in [5.41, 5.74) is 0. The third-order valence-electron chi connectivity index (χ3n) is 3.45. The van der Waals surface area contributed by atoms with Crippen LogP contribution in [0.15, 0.2) is 0 Å². The van der Waals surface area contributed by atoms with E-state index in [4.69, 9.17) is 5.11 Å². The molecule has 0 spiro atoms. The van der Waals surface area contributed by atoms with Gasteiger partial charge in [-0.1, -0.05) is 26.2 Å². The number of nitrogens with one attached hydrogen (secondary N) is 1. The van der Waals surface area contributed by atoms with Crippen LogP contribution in [0.4, 0.5) is 4.79 Å². The minimum absolute atomic E-state index is 0.259. The SMILES string of the molecule is CC[C@@H](NC(=O)N(C)C1CCCCC1)C(=O)O. The van der Waals surface area contributed by atoms with Crippen molar-refractivity contribution >= 4 is 12.0 Å². The topological polar surface area (TPSA) is 69.6 Å². The number of rotatable bonds is 4. The molecule has 1 aliphatic rings. The Kier molecular flexibility index (Phi) is 5.25. The maximum atomic E-state index is 11.9. The third-order valence-corrected chi connectivity index (χ3v) is 3.45. The lowest BCUT2D eigenvalue weighted by Crippen LogP contribution is -2.49. The van der Waals surface area contributed by atoms with E-state index in [0.29, 0.717) is 6.42 Å². The monoisotopic (exact) mass is 242 g/mol. The predicted octanol–water partition coefficient (Wildman–Crippen LogP) is 1.82. The number of aliphatic carboxylic acids is 1. The van der Waals surface area contributed by atoms with Crippen molar-refractivity contribution in [2.75, 3.05) is 7.05 Å². The molecule has 1 fully saturated rings. The molecule has 0 aliphatic heterocycles. The molecule has 0 aromatic rings. The van der Waals surface area contributed by atoms with Crippen LogP contribution in [0.3, 0.4) is 0 Å². The van der Waals surface area contributed by atoms with Crippen LogP contribution < -0.4 is 5.32 Å². The predicted molar refractivity (Wildman–Crippen MR) is 64.9 cm³/mol. The number of nitrogens with zero attached hydrogens (tertiary/aromatic N) is 1. The molecule has 0 saturated heterocycles. The van der Waals surface area contributed by atoms with Crippen LogP contribution in [0, 0.1) is 0 Å². The Morgan fingerprint density at radius 3 is 2.41 bits per heavy atom. The Balaban J connectivity index is 2.47. The van der Waals surface area contributed by atoms with Gasteiger partial charge >= 0.3 is 12.0 Å². The van der Waals surface area contributed by atoms with Crippen molar-refractivity contribution in [3.8, 4) is 0 Å². The van der Waals surface area contributed by atoms with Gasteiger partial charge in [0.2, 0.25) is 0 Å². The molecule has 98 valence electrons. The van der Waals surface area contributed by atoms with Crippen molar-refractivity contribution in [2.24, 2.45) is 0 Å². The van der Waals surface area contributed by atoms with Gasteiger partial charge in [0.05, 0.1) is 0 Å². The molecule has 1 rings (SSSR count). The molecule has 5 heteroatoms. The van der Waals surface area contributed by atoms with Crippen LogP contribution in [0.1, 0.15) is 45.4 Å². The number of amides is 2. The summed E-state index contributed by atoms with van der Waals surface area (Å²) in [5, 5.41) is 11.4. The second-order valence-electron chi connectivity index (χ2n) is 4.65. The molecule has 17 heavy (non-hydrogen) atoms. The highest BCUT2D eigenvalue weighted by atomic mass is 16.4. The molecule has 1 aliphatic carbocycles. The first kappa shape index (κ1) is 13.8. The average molecular weight is 242 g/mol. The molecule has 1 atom stereocenters. The largest absolute Gasteiger partial charge is 0.480 e. The summed E-state index contributed by atoms with van der Waals surface area (Å²) in [6, 6.07) is -0.797. The van der Waals surface area contributed by atoms with Crippen LogP contribution in [-0.2, 0) is 4.79 Å². The van der Waals surface area contributed by atoms with E-state index in [2.05, 4.69) is 5.32 Å². The quantitative estimate of drug-likeness (QED) is 0.790. The van der Waals surface area contributed by atoms with Crippen molar-refractivity contribution < 1.29 is 14.7 Å². The zero-order valence-corrected chi connectivity index (χ0v) is 10.6. The highest BCUT2D eigenvalue weighted by Gasteiger charge is 2.25. The van der Waals surface area contributed by atoms with Crippen LogP contribution in [0.2, 0.25) is 0 Å². The molecule has 5 nitrogen and oxygen atoms in total. The molecule has 0 bridgehead atoms. The van der Waals surface area contributed by atoms with E-state index in [9.17, 15) is 9.59 Å². The summed E-state index contributed by atoms with van der Waals surface area (Å²) in [7, 11) is 1.75. The summed E-state index contributed by atoms with van der Waals surface area (Å²) >= 11 is 0. The Hall–Kier alpha value is -1.26. The normalized spacial score (nSPS) is 18.5. The Bertz CT molecular complexity index is 275. The van der Waals surface area contributed by atoms with Gasteiger partial charge in [-0.05, 0) is 19.3 Å². The van der Waals surface area contributed by atoms with E-state index < -0.39 is 12.0 Å². The van der Waals surface area contributed by atoms with E-state index in [1.54, 1.807) is 18.9 Å². The molecule has 0 aromatic carbocycles. The summed E-state index contributed by atoms with van der Waals surface area (Å²) in [6.07, 6.45) is 5.98. The summed E-state index contributed by atoms with van der Waals surface area (Å²) in [5.74, 6) is -0.974. The van der Waals surface area contributed by atoms with E-state index in [1.807, 2.05) is 0 Å². The Labute approximate surface area is 102 Å². The van der Waals surface area contributed by atoms with E-state index in [-0.39, 0.29) is 12.1 Å². The van der Waals surface area contributed by atoms with Gasteiger partial charge in [-0.3, -0.25) is 0 Å². The fourth-order valence-corrected chi connectivity index (χ4v) is 2.22. The second kappa shape index (κ2) is 6.47. The molecule has 0 aromatic heterocycles. The molecule has 0 unspecified atom stereocenters. The molecule has 0 radical (unpaired) electrons. The molecular formula is C12H22N2O3. The van der Waals surface area contributed by atoms with Gasteiger partial charge in [0.1, 0.15) is 6.04 Å². The first-order valence-corrected chi connectivity index (χ1v) is 6.32. The third kappa shape index (κ3) is 3.91. The van der Waals surface area contributed by atoms with Gasteiger partial charge < -0.3 is 15.3 Å². The van der Waals surface area contributed by atoms with Crippen LogP contribution in [0.25, 0.3) is 0 Å². The zero-order valence-electron chi connectivity index (χ0n) is 10.6. The first-order chi connectivity index (χ1) is 8.06. The van der Waals surface area contributed by atoms with E-state index in [0.717, 1.165) is 25.7 Å². The van der Waals surface area contributed by atoms with E-state index >= 15 is 0 Å². The van der Waals surface area contributed by atoms with Crippen molar-refractivity contribution in [3.63, 3.8) is 0 Å². The smallest absolute Gasteiger partial charge is 0.326 e. The average Bonchev–Trinajstić information content (AvgIpc) is 2.35. The van der Waals surface area contributed by atoms with Gasteiger partial charge in [0, 0.05) is 13.1 Å². The van der Waals surface area contributed by atoms with E-state index in [1.165, 1.54) is 6.42 Å². The van der Waals surface area contributed by atoms with Crippen LogP contribution in [0.5, 0.6) is 0 Å². The Morgan fingerprint density at radius 1 is 1.35 bits per heavy atom. The highest BCUT2D eigenvalue weighted by Crippen LogP contribution is 2.21. The molecule has 1 saturated carbocycles. The fourth-order valence-electron chi connectivity index (χ4n) is 2.22. The summed E-state index contributed by atoms with van der Waals surface area (Å²) in [4.78, 5) is 24.4. The molecule has 0 heterocycles. The Morgan fingerprint density at radius 2 is 1.94 bits per heavy atom. The fraction of sp³-hybridized carbons (Fsp3) is 0.833. The maximum absolute atomic E-state index is 11.9. The zero-order chi connectivity index (χ0) is 12.8.